The summed E-state index contributed by atoms with van der Waals surface area (Å²) in [7, 11) is 0. The van der Waals surface area contributed by atoms with E-state index in [1.54, 1.807) is 0 Å². The van der Waals surface area contributed by atoms with Gasteiger partial charge in [0.15, 0.2) is 0 Å². The van der Waals surface area contributed by atoms with Crippen molar-refractivity contribution in [2.24, 2.45) is 0 Å². The number of aromatic nitrogens is 3. The van der Waals surface area contributed by atoms with Gasteiger partial charge < -0.3 is 4.74 Å². The highest BCUT2D eigenvalue weighted by atomic mass is 16.5. The summed E-state index contributed by atoms with van der Waals surface area (Å²) in [6.07, 6.45) is 3.74. The third-order valence-corrected chi connectivity index (χ3v) is 4.00. The van der Waals surface area contributed by atoms with Gasteiger partial charge in [0.25, 0.3) is 0 Å². The molecule has 0 N–H and O–H groups in total. The Bertz CT molecular complexity index is 809. The topological polar surface area (TPSA) is 39.9 Å². The Morgan fingerprint density at radius 2 is 1.83 bits per heavy atom. The van der Waals surface area contributed by atoms with Crippen molar-refractivity contribution in [3.8, 4) is 11.4 Å². The van der Waals surface area contributed by atoms with Crippen LogP contribution in [0.2, 0.25) is 0 Å². The lowest BCUT2D eigenvalue weighted by Crippen LogP contribution is -2.02. The van der Waals surface area contributed by atoms with Crippen LogP contribution in [0.15, 0.2) is 48.7 Å². The van der Waals surface area contributed by atoms with Gasteiger partial charge >= 0.3 is 0 Å². The Labute approximate surface area is 143 Å². The SMILES string of the molecule is CCOc1c(C)cc(C)cc1CCc1cn(-c2ccccc2)nn1. The Balaban J connectivity index is 1.76. The van der Waals surface area contributed by atoms with E-state index in [9.17, 15) is 0 Å². The molecule has 4 nitrogen and oxygen atoms in total. The zero-order valence-corrected chi connectivity index (χ0v) is 14.5. The molecule has 4 heteroatoms. The fraction of sp³-hybridized carbons (Fsp3) is 0.300. The summed E-state index contributed by atoms with van der Waals surface area (Å²) in [5.74, 6) is 1.01. The molecule has 0 unspecified atom stereocenters. The summed E-state index contributed by atoms with van der Waals surface area (Å²) >= 11 is 0. The molecule has 24 heavy (non-hydrogen) atoms. The highest BCUT2D eigenvalue weighted by Crippen LogP contribution is 2.26. The maximum absolute atomic E-state index is 5.84. The highest BCUT2D eigenvalue weighted by molar-refractivity contribution is 5.44. The van der Waals surface area contributed by atoms with E-state index in [0.29, 0.717) is 6.61 Å². The molecule has 0 aliphatic heterocycles. The van der Waals surface area contributed by atoms with Crippen molar-refractivity contribution >= 4 is 0 Å². The molecule has 2 aromatic carbocycles. The molecule has 0 aliphatic carbocycles. The second-order valence-corrected chi connectivity index (χ2v) is 5.99. The minimum atomic E-state index is 0.682. The van der Waals surface area contributed by atoms with Crippen molar-refractivity contribution in [2.45, 2.75) is 33.6 Å². The predicted octanol–water partition coefficient (Wildman–Crippen LogP) is 4.07. The van der Waals surface area contributed by atoms with Crippen molar-refractivity contribution in [3.05, 3.63) is 71.0 Å². The van der Waals surface area contributed by atoms with Crippen LogP contribution in [-0.2, 0) is 12.8 Å². The van der Waals surface area contributed by atoms with Crippen LogP contribution < -0.4 is 4.74 Å². The maximum Gasteiger partial charge on any atom is 0.125 e. The van der Waals surface area contributed by atoms with Crippen LogP contribution in [0, 0.1) is 13.8 Å². The lowest BCUT2D eigenvalue weighted by Gasteiger charge is -2.14. The van der Waals surface area contributed by atoms with Crippen molar-refractivity contribution in [1.29, 1.82) is 0 Å². The first-order valence-electron chi connectivity index (χ1n) is 8.37. The van der Waals surface area contributed by atoms with Crippen molar-refractivity contribution in [1.82, 2.24) is 15.0 Å². The molecule has 0 radical (unpaired) electrons. The molecule has 0 fully saturated rings. The fourth-order valence-electron chi connectivity index (χ4n) is 2.96. The number of nitrogens with zero attached hydrogens (tertiary/aromatic N) is 3. The Morgan fingerprint density at radius 3 is 2.58 bits per heavy atom. The Morgan fingerprint density at radius 1 is 1.04 bits per heavy atom. The third-order valence-electron chi connectivity index (χ3n) is 4.00. The summed E-state index contributed by atoms with van der Waals surface area (Å²) in [4.78, 5) is 0. The highest BCUT2D eigenvalue weighted by Gasteiger charge is 2.10. The van der Waals surface area contributed by atoms with Crippen molar-refractivity contribution in [2.75, 3.05) is 6.61 Å². The van der Waals surface area contributed by atoms with E-state index in [2.05, 4.69) is 36.3 Å². The van der Waals surface area contributed by atoms with Crippen molar-refractivity contribution < 1.29 is 4.74 Å². The predicted molar refractivity (Wildman–Crippen MR) is 95.9 cm³/mol. The van der Waals surface area contributed by atoms with Gasteiger partial charge in [-0.25, -0.2) is 4.68 Å². The minimum Gasteiger partial charge on any atom is -0.493 e. The number of aryl methyl sites for hydroxylation is 4. The van der Waals surface area contributed by atoms with Gasteiger partial charge in [-0.1, -0.05) is 41.1 Å². The maximum atomic E-state index is 5.84. The summed E-state index contributed by atoms with van der Waals surface area (Å²) in [6, 6.07) is 14.4. The summed E-state index contributed by atoms with van der Waals surface area (Å²) in [5.41, 5.74) is 5.71. The monoisotopic (exact) mass is 321 g/mol. The van der Waals surface area contributed by atoms with Crippen LogP contribution in [0.1, 0.15) is 29.3 Å². The second kappa shape index (κ2) is 7.30. The fourth-order valence-corrected chi connectivity index (χ4v) is 2.96. The first kappa shape index (κ1) is 16.2. The molecule has 3 rings (SSSR count). The molecule has 124 valence electrons. The van der Waals surface area contributed by atoms with Crippen LogP contribution >= 0.6 is 0 Å². The van der Waals surface area contributed by atoms with Gasteiger partial charge in [-0.2, -0.15) is 0 Å². The molecule has 1 heterocycles. The molecule has 0 spiro atoms. The van der Waals surface area contributed by atoms with E-state index in [0.717, 1.165) is 30.0 Å². The van der Waals surface area contributed by atoms with Gasteiger partial charge in [0.1, 0.15) is 5.75 Å². The first-order valence-corrected chi connectivity index (χ1v) is 8.37. The molecule has 1 aromatic heterocycles. The molecular formula is C20H23N3O. The quantitative estimate of drug-likeness (QED) is 0.687. The zero-order chi connectivity index (χ0) is 16.9. The largest absolute Gasteiger partial charge is 0.493 e. The van der Waals surface area contributed by atoms with E-state index < -0.39 is 0 Å². The van der Waals surface area contributed by atoms with Crippen LogP contribution in [0.3, 0.4) is 0 Å². The standard InChI is InChI=1S/C20H23N3O/c1-4-24-20-16(3)12-15(2)13-17(20)10-11-18-14-23(22-21-18)19-8-6-5-7-9-19/h5-9,12-14H,4,10-11H2,1-3H3. The van der Waals surface area contributed by atoms with E-state index >= 15 is 0 Å². The van der Waals surface area contributed by atoms with Crippen LogP contribution in [0.25, 0.3) is 5.69 Å². The third kappa shape index (κ3) is 3.65. The summed E-state index contributed by atoms with van der Waals surface area (Å²) in [5, 5.41) is 8.53. The van der Waals surface area contributed by atoms with Crippen LogP contribution in [0.4, 0.5) is 0 Å². The van der Waals surface area contributed by atoms with Gasteiger partial charge in [0.05, 0.1) is 24.2 Å². The molecule has 0 saturated heterocycles. The number of hydrogen-bond donors (Lipinski definition) is 0. The average Bonchev–Trinajstić information content (AvgIpc) is 3.05. The van der Waals surface area contributed by atoms with E-state index in [1.165, 1.54) is 16.7 Å². The molecule has 0 atom stereocenters. The van der Waals surface area contributed by atoms with Crippen LogP contribution in [-0.4, -0.2) is 21.6 Å². The number of benzene rings is 2. The minimum absolute atomic E-state index is 0.682. The smallest absolute Gasteiger partial charge is 0.125 e. The molecule has 0 amide bonds. The Kier molecular flexibility index (Phi) is 4.94. The normalized spacial score (nSPS) is 10.8. The van der Waals surface area contributed by atoms with Crippen LogP contribution in [0.5, 0.6) is 5.75 Å². The van der Waals surface area contributed by atoms with Gasteiger partial charge in [-0.3, -0.25) is 0 Å². The number of hydrogen-bond acceptors (Lipinski definition) is 3. The second-order valence-electron chi connectivity index (χ2n) is 5.99. The number of ether oxygens (including phenoxy) is 1. The van der Waals surface area contributed by atoms with E-state index in [-0.39, 0.29) is 0 Å². The van der Waals surface area contributed by atoms with Gasteiger partial charge in [0, 0.05) is 0 Å². The Hall–Kier alpha value is -2.62. The zero-order valence-electron chi connectivity index (χ0n) is 14.5. The summed E-state index contributed by atoms with van der Waals surface area (Å²) in [6.45, 7) is 6.93. The van der Waals surface area contributed by atoms with Crippen molar-refractivity contribution in [3.63, 3.8) is 0 Å². The van der Waals surface area contributed by atoms with E-state index in [1.807, 2.05) is 48.1 Å². The lowest BCUT2D eigenvalue weighted by molar-refractivity contribution is 0.334. The van der Waals surface area contributed by atoms with Gasteiger partial charge in [-0.15, -0.1) is 5.10 Å². The first-order chi connectivity index (χ1) is 11.7. The molecule has 0 saturated carbocycles. The number of para-hydroxylation sites is 1. The molecule has 3 aromatic rings. The van der Waals surface area contributed by atoms with Gasteiger partial charge in [0.2, 0.25) is 0 Å². The van der Waals surface area contributed by atoms with Gasteiger partial charge in [-0.05, 0) is 56.9 Å². The van der Waals surface area contributed by atoms with E-state index in [4.69, 9.17) is 4.74 Å². The molecule has 0 aliphatic rings. The number of rotatable bonds is 6. The lowest BCUT2D eigenvalue weighted by atomic mass is 10.0. The molecule has 0 bridgehead atoms. The summed E-state index contributed by atoms with van der Waals surface area (Å²) < 4.78 is 7.66. The average molecular weight is 321 g/mol. The molecular weight excluding hydrogens is 298 g/mol.